The Bertz CT molecular complexity index is 1490. The molecule has 9 heteroatoms. The lowest BCUT2D eigenvalue weighted by Gasteiger charge is -2.36. The molecule has 0 aromatic heterocycles. The third-order valence-electron chi connectivity index (χ3n) is 7.15. The van der Waals surface area contributed by atoms with Crippen molar-refractivity contribution in [2.75, 3.05) is 18.0 Å². The van der Waals surface area contributed by atoms with Crippen LogP contribution in [-0.2, 0) is 16.0 Å². The third-order valence-corrected chi connectivity index (χ3v) is 7.15. The number of anilines is 1. The average molecular weight is 614 g/mol. The zero-order valence-corrected chi connectivity index (χ0v) is 27.0. The molecule has 3 aromatic rings. The van der Waals surface area contributed by atoms with Crippen molar-refractivity contribution in [2.45, 2.75) is 78.0 Å². The molecule has 4 rings (SSSR count). The minimum absolute atomic E-state index is 0.159. The summed E-state index contributed by atoms with van der Waals surface area (Å²) in [4.78, 5) is 55.7. The number of likely N-dealkylation sites (tertiary alicyclic amines) is 1. The summed E-state index contributed by atoms with van der Waals surface area (Å²) in [6, 6.07) is 22.7. The first-order valence-electron chi connectivity index (χ1n) is 15.3. The summed E-state index contributed by atoms with van der Waals surface area (Å²) in [6.07, 6.45) is 1.22. The van der Waals surface area contributed by atoms with E-state index in [4.69, 9.17) is 9.47 Å². The minimum Gasteiger partial charge on any atom is -0.456 e. The number of ether oxygens (including phenoxy) is 2. The van der Waals surface area contributed by atoms with E-state index in [9.17, 15) is 19.2 Å². The Morgan fingerprint density at radius 2 is 1.40 bits per heavy atom. The average Bonchev–Trinajstić information content (AvgIpc) is 2.99. The van der Waals surface area contributed by atoms with Crippen LogP contribution >= 0.6 is 0 Å². The molecule has 1 unspecified atom stereocenters. The van der Waals surface area contributed by atoms with E-state index >= 15 is 0 Å². The highest BCUT2D eigenvalue weighted by Gasteiger charge is 2.33. The maximum absolute atomic E-state index is 14.1. The van der Waals surface area contributed by atoms with Crippen LogP contribution in [0.5, 0.6) is 0 Å². The molecule has 9 nitrogen and oxygen atoms in total. The molecule has 1 N–H and O–H groups in total. The topological polar surface area (TPSA) is 105 Å². The lowest BCUT2D eigenvalue weighted by molar-refractivity contribution is 0.00691. The zero-order valence-electron chi connectivity index (χ0n) is 27.0. The lowest BCUT2D eigenvalue weighted by Crippen LogP contribution is -2.49. The van der Waals surface area contributed by atoms with E-state index in [0.29, 0.717) is 29.9 Å². The van der Waals surface area contributed by atoms with Crippen LogP contribution in [-0.4, -0.2) is 53.2 Å². The molecule has 1 saturated heterocycles. The predicted octanol–water partition coefficient (Wildman–Crippen LogP) is 7.31. The Labute approximate surface area is 265 Å². The van der Waals surface area contributed by atoms with Gasteiger partial charge in [-0.15, -0.1) is 0 Å². The number of nitrogens with zero attached hydrogens (tertiary/aromatic N) is 2. The van der Waals surface area contributed by atoms with Gasteiger partial charge in [-0.05, 0) is 102 Å². The van der Waals surface area contributed by atoms with Crippen LogP contribution in [0.4, 0.5) is 15.3 Å². The fourth-order valence-corrected chi connectivity index (χ4v) is 5.07. The van der Waals surface area contributed by atoms with Gasteiger partial charge in [-0.25, -0.2) is 19.3 Å². The van der Waals surface area contributed by atoms with Crippen LogP contribution in [0.1, 0.15) is 92.1 Å². The Hall–Kier alpha value is -4.66. The van der Waals surface area contributed by atoms with Crippen LogP contribution in [0.2, 0.25) is 0 Å². The summed E-state index contributed by atoms with van der Waals surface area (Å²) < 4.78 is 10.8. The maximum Gasteiger partial charge on any atom is 0.407 e. The van der Waals surface area contributed by atoms with Gasteiger partial charge >= 0.3 is 18.1 Å². The summed E-state index contributed by atoms with van der Waals surface area (Å²) in [7, 11) is 0. The van der Waals surface area contributed by atoms with Crippen molar-refractivity contribution in [3.63, 3.8) is 0 Å². The van der Waals surface area contributed by atoms with Gasteiger partial charge < -0.3 is 19.7 Å². The molecule has 238 valence electrons. The number of nitrogens with one attached hydrogen (secondary N) is 1. The second-order valence-corrected chi connectivity index (χ2v) is 13.2. The number of urea groups is 1. The van der Waals surface area contributed by atoms with Gasteiger partial charge in [0.05, 0.1) is 11.3 Å². The molecule has 0 bridgehead atoms. The standard InChI is InChI=1S/C36H43N3O6/c1-35(2,3)44-32(41)28-18-20-30(21-19-28)39(34(43)38-22-10-13-29(24-38)26-11-8-7-9-12-26)31(40)27-16-14-25(15-17-27)23-37-33(42)45-36(4,5)6/h7-9,11-12,14-21,29H,10,13,22-24H2,1-6H3,(H,37,42). The first-order valence-corrected chi connectivity index (χ1v) is 15.3. The van der Waals surface area contributed by atoms with E-state index in [1.807, 2.05) is 18.2 Å². The number of amides is 4. The molecule has 0 aliphatic carbocycles. The molecule has 0 saturated carbocycles. The van der Waals surface area contributed by atoms with E-state index in [1.165, 1.54) is 4.90 Å². The fourth-order valence-electron chi connectivity index (χ4n) is 5.07. The Kier molecular flexibility index (Phi) is 10.3. The van der Waals surface area contributed by atoms with Gasteiger partial charge in [0.15, 0.2) is 0 Å². The van der Waals surface area contributed by atoms with E-state index in [-0.39, 0.29) is 12.5 Å². The lowest BCUT2D eigenvalue weighted by atomic mass is 9.91. The van der Waals surface area contributed by atoms with Gasteiger partial charge in [-0.1, -0.05) is 42.5 Å². The van der Waals surface area contributed by atoms with Crippen LogP contribution in [0.3, 0.4) is 0 Å². The second kappa shape index (κ2) is 14.0. The van der Waals surface area contributed by atoms with Gasteiger partial charge in [-0.3, -0.25) is 4.79 Å². The monoisotopic (exact) mass is 613 g/mol. The molecule has 45 heavy (non-hydrogen) atoms. The maximum atomic E-state index is 14.1. The predicted molar refractivity (Wildman–Crippen MR) is 173 cm³/mol. The van der Waals surface area contributed by atoms with Gasteiger partial charge in [0.2, 0.25) is 0 Å². The molecule has 1 aliphatic heterocycles. The largest absolute Gasteiger partial charge is 0.456 e. The summed E-state index contributed by atoms with van der Waals surface area (Å²) >= 11 is 0. The molecular formula is C36H43N3O6. The number of piperidine rings is 1. The molecule has 1 atom stereocenters. The quantitative estimate of drug-likeness (QED) is 0.292. The van der Waals surface area contributed by atoms with Gasteiger partial charge in [0.25, 0.3) is 5.91 Å². The smallest absolute Gasteiger partial charge is 0.407 e. The Morgan fingerprint density at radius 1 is 0.800 bits per heavy atom. The summed E-state index contributed by atoms with van der Waals surface area (Å²) in [5.41, 5.74) is 1.61. The van der Waals surface area contributed by atoms with Crippen molar-refractivity contribution in [1.82, 2.24) is 10.2 Å². The first kappa shape index (κ1) is 33.2. The number of carbonyl (C=O) groups excluding carboxylic acids is 4. The van der Waals surface area contributed by atoms with Crippen molar-refractivity contribution in [1.29, 1.82) is 0 Å². The highest BCUT2D eigenvalue weighted by Crippen LogP contribution is 2.29. The van der Waals surface area contributed by atoms with Gasteiger partial charge in [-0.2, -0.15) is 0 Å². The third kappa shape index (κ3) is 9.41. The summed E-state index contributed by atoms with van der Waals surface area (Å²) in [5.74, 6) is -0.832. The zero-order chi connectivity index (χ0) is 32.8. The normalized spacial score (nSPS) is 15.2. The highest BCUT2D eigenvalue weighted by atomic mass is 16.6. The molecule has 1 fully saturated rings. The van der Waals surface area contributed by atoms with Crippen molar-refractivity contribution >= 4 is 29.7 Å². The van der Waals surface area contributed by atoms with Crippen molar-refractivity contribution in [3.05, 3.63) is 101 Å². The number of rotatable bonds is 6. The van der Waals surface area contributed by atoms with Crippen molar-refractivity contribution in [2.24, 2.45) is 0 Å². The van der Waals surface area contributed by atoms with E-state index < -0.39 is 35.2 Å². The van der Waals surface area contributed by atoms with Crippen molar-refractivity contribution < 1.29 is 28.7 Å². The number of imide groups is 1. The van der Waals surface area contributed by atoms with Gasteiger partial charge in [0, 0.05) is 31.1 Å². The molecule has 1 aliphatic rings. The van der Waals surface area contributed by atoms with Crippen LogP contribution in [0.25, 0.3) is 0 Å². The molecule has 3 aromatic carbocycles. The molecule has 1 heterocycles. The molecule has 0 radical (unpaired) electrons. The van der Waals surface area contributed by atoms with Crippen molar-refractivity contribution in [3.8, 4) is 0 Å². The number of esters is 1. The number of hydrogen-bond acceptors (Lipinski definition) is 6. The first-order chi connectivity index (χ1) is 21.2. The SMILES string of the molecule is CC(C)(C)OC(=O)NCc1ccc(C(=O)N(C(=O)N2CCCC(c3ccccc3)C2)c2ccc(C(=O)OC(C)(C)C)cc2)cc1. The number of benzene rings is 3. The van der Waals surface area contributed by atoms with Crippen LogP contribution < -0.4 is 10.2 Å². The van der Waals surface area contributed by atoms with Crippen LogP contribution in [0, 0.1) is 0 Å². The highest BCUT2D eigenvalue weighted by molar-refractivity contribution is 6.20. The molecule has 4 amide bonds. The second-order valence-electron chi connectivity index (χ2n) is 13.2. The summed E-state index contributed by atoms with van der Waals surface area (Å²) in [5, 5.41) is 2.70. The Morgan fingerprint density at radius 3 is 2.00 bits per heavy atom. The van der Waals surface area contributed by atoms with E-state index in [0.717, 1.165) is 24.0 Å². The number of alkyl carbamates (subject to hydrolysis) is 1. The Balaban J connectivity index is 1.58. The summed E-state index contributed by atoms with van der Waals surface area (Å²) in [6.45, 7) is 12.0. The van der Waals surface area contributed by atoms with Gasteiger partial charge in [0.1, 0.15) is 11.2 Å². The number of hydrogen-bond donors (Lipinski definition) is 1. The molecule has 0 spiro atoms. The minimum atomic E-state index is -0.661. The fraction of sp³-hybridized carbons (Fsp3) is 0.389. The molecular weight excluding hydrogens is 570 g/mol. The van der Waals surface area contributed by atoms with Crippen LogP contribution in [0.15, 0.2) is 78.9 Å². The van der Waals surface area contributed by atoms with E-state index in [2.05, 4.69) is 17.4 Å². The number of carbonyl (C=O) groups is 4. The van der Waals surface area contributed by atoms with E-state index in [1.54, 1.807) is 95.0 Å².